The number of amides is 1. The number of H-pyrrole nitrogens is 1. The molecule has 0 unspecified atom stereocenters. The van der Waals surface area contributed by atoms with Gasteiger partial charge >= 0.3 is 0 Å². The number of fused-ring (bicyclic) bond motifs is 1. The number of para-hydroxylation sites is 2. The molecule has 23 heavy (non-hydrogen) atoms. The Balaban J connectivity index is 1.55. The molecule has 116 valence electrons. The van der Waals surface area contributed by atoms with Crippen molar-refractivity contribution in [3.8, 4) is 5.75 Å². The predicted molar refractivity (Wildman–Crippen MR) is 90.7 cm³/mol. The quantitative estimate of drug-likeness (QED) is 0.562. The lowest BCUT2D eigenvalue weighted by atomic mass is 10.2. The lowest BCUT2D eigenvalue weighted by molar-refractivity contribution is -0.123. The summed E-state index contributed by atoms with van der Waals surface area (Å²) < 4.78 is 5.46. The van der Waals surface area contributed by atoms with Crippen molar-refractivity contribution in [2.45, 2.75) is 6.92 Å². The van der Waals surface area contributed by atoms with Crippen molar-refractivity contribution in [2.75, 3.05) is 6.61 Å². The molecule has 1 heterocycles. The number of nitrogens with one attached hydrogen (secondary N) is 2. The molecule has 3 aromatic rings. The monoisotopic (exact) mass is 307 g/mol. The van der Waals surface area contributed by atoms with Gasteiger partial charge in [-0.15, -0.1) is 0 Å². The smallest absolute Gasteiger partial charge is 0.277 e. The zero-order chi connectivity index (χ0) is 16.1. The van der Waals surface area contributed by atoms with Crippen molar-refractivity contribution >= 4 is 23.0 Å². The van der Waals surface area contributed by atoms with Crippen molar-refractivity contribution in [1.29, 1.82) is 0 Å². The summed E-state index contributed by atoms with van der Waals surface area (Å²) in [6.45, 7) is 1.86. The van der Waals surface area contributed by atoms with Crippen LogP contribution in [-0.2, 0) is 4.79 Å². The Hall–Kier alpha value is -3.08. The van der Waals surface area contributed by atoms with Crippen LogP contribution in [0.15, 0.2) is 59.8 Å². The van der Waals surface area contributed by atoms with Crippen molar-refractivity contribution in [3.05, 3.63) is 65.9 Å². The van der Waals surface area contributed by atoms with Crippen molar-refractivity contribution in [2.24, 2.45) is 5.10 Å². The third-order valence-corrected chi connectivity index (χ3v) is 3.47. The Bertz CT molecular complexity index is 852. The topological polar surface area (TPSA) is 66.5 Å². The number of nitrogens with zero attached hydrogens (tertiary/aromatic N) is 1. The molecule has 0 saturated carbocycles. The number of hydrazone groups is 1. The maximum atomic E-state index is 11.8. The van der Waals surface area contributed by atoms with Gasteiger partial charge in [0.1, 0.15) is 5.75 Å². The van der Waals surface area contributed by atoms with Gasteiger partial charge in [0, 0.05) is 22.7 Å². The molecule has 0 spiro atoms. The molecule has 5 heteroatoms. The Morgan fingerprint density at radius 1 is 1.22 bits per heavy atom. The number of benzene rings is 2. The Morgan fingerprint density at radius 2 is 2.00 bits per heavy atom. The second-order valence-corrected chi connectivity index (χ2v) is 5.14. The van der Waals surface area contributed by atoms with Crippen molar-refractivity contribution in [3.63, 3.8) is 0 Å². The Morgan fingerprint density at radius 3 is 2.87 bits per heavy atom. The van der Waals surface area contributed by atoms with Gasteiger partial charge in [-0.25, -0.2) is 5.43 Å². The van der Waals surface area contributed by atoms with Crippen LogP contribution in [0.3, 0.4) is 0 Å². The van der Waals surface area contributed by atoms with Crippen LogP contribution in [-0.4, -0.2) is 23.7 Å². The summed E-state index contributed by atoms with van der Waals surface area (Å²) in [5, 5.41) is 5.03. The van der Waals surface area contributed by atoms with Gasteiger partial charge in [0.05, 0.1) is 6.21 Å². The normalized spacial score (nSPS) is 11.0. The molecule has 2 aromatic carbocycles. The van der Waals surface area contributed by atoms with Gasteiger partial charge in [-0.3, -0.25) is 4.79 Å². The van der Waals surface area contributed by atoms with E-state index in [9.17, 15) is 4.79 Å². The van der Waals surface area contributed by atoms with Gasteiger partial charge in [0.2, 0.25) is 0 Å². The van der Waals surface area contributed by atoms with E-state index in [2.05, 4.69) is 15.5 Å². The van der Waals surface area contributed by atoms with E-state index in [0.29, 0.717) is 5.75 Å². The molecule has 0 radical (unpaired) electrons. The fraction of sp³-hybridized carbons (Fsp3) is 0.111. The fourth-order valence-corrected chi connectivity index (χ4v) is 2.27. The predicted octanol–water partition coefficient (Wildman–Crippen LogP) is 3.01. The van der Waals surface area contributed by atoms with Crippen molar-refractivity contribution in [1.82, 2.24) is 10.4 Å². The number of rotatable bonds is 5. The zero-order valence-corrected chi connectivity index (χ0v) is 12.7. The summed E-state index contributed by atoms with van der Waals surface area (Å²) in [4.78, 5) is 14.9. The highest BCUT2D eigenvalue weighted by Gasteiger charge is 2.04. The standard InChI is InChI=1S/C18H17N3O2/c1-13-6-2-5-9-17(13)23-12-18(22)21-20-11-14-10-19-16-8-4-3-7-15(14)16/h2-11,19H,12H2,1H3,(H,21,22). The first kappa shape index (κ1) is 14.8. The van der Waals surface area contributed by atoms with Gasteiger partial charge in [-0.05, 0) is 24.6 Å². The second-order valence-electron chi connectivity index (χ2n) is 5.14. The second kappa shape index (κ2) is 6.79. The van der Waals surface area contributed by atoms with E-state index in [1.165, 1.54) is 0 Å². The van der Waals surface area contributed by atoms with E-state index in [-0.39, 0.29) is 12.5 Å². The first-order valence-electron chi connectivity index (χ1n) is 7.30. The van der Waals surface area contributed by atoms with Crippen LogP contribution >= 0.6 is 0 Å². The van der Waals surface area contributed by atoms with E-state index in [1.807, 2.05) is 61.7 Å². The number of hydrogen-bond donors (Lipinski definition) is 2. The average molecular weight is 307 g/mol. The summed E-state index contributed by atoms with van der Waals surface area (Å²) in [6.07, 6.45) is 3.47. The maximum Gasteiger partial charge on any atom is 0.277 e. The van der Waals surface area contributed by atoms with Crippen LogP contribution in [0, 0.1) is 6.92 Å². The van der Waals surface area contributed by atoms with Crippen LogP contribution in [0.25, 0.3) is 10.9 Å². The summed E-state index contributed by atoms with van der Waals surface area (Å²) in [5.74, 6) is 0.396. The van der Waals surface area contributed by atoms with Gasteiger partial charge in [-0.1, -0.05) is 36.4 Å². The highest BCUT2D eigenvalue weighted by molar-refractivity contribution is 5.99. The van der Waals surface area contributed by atoms with Crippen LogP contribution in [0.1, 0.15) is 11.1 Å². The van der Waals surface area contributed by atoms with E-state index in [1.54, 1.807) is 6.21 Å². The zero-order valence-electron chi connectivity index (χ0n) is 12.7. The minimum absolute atomic E-state index is 0.0733. The summed E-state index contributed by atoms with van der Waals surface area (Å²) >= 11 is 0. The Labute approximate surface area is 134 Å². The van der Waals surface area contributed by atoms with Crippen LogP contribution < -0.4 is 10.2 Å². The third-order valence-electron chi connectivity index (χ3n) is 3.47. The number of aromatic nitrogens is 1. The Kier molecular flexibility index (Phi) is 4.38. The number of carbonyl (C=O) groups excluding carboxylic acids is 1. The summed E-state index contributed by atoms with van der Waals surface area (Å²) in [5.41, 5.74) is 5.40. The molecular formula is C18H17N3O2. The fourth-order valence-electron chi connectivity index (χ4n) is 2.27. The molecule has 5 nitrogen and oxygen atoms in total. The van der Waals surface area contributed by atoms with E-state index in [0.717, 1.165) is 22.0 Å². The number of aryl methyl sites for hydroxylation is 1. The number of ether oxygens (including phenoxy) is 1. The highest BCUT2D eigenvalue weighted by atomic mass is 16.5. The molecule has 0 saturated heterocycles. The molecule has 0 aliphatic carbocycles. The number of aromatic amines is 1. The van der Waals surface area contributed by atoms with Gasteiger partial charge < -0.3 is 9.72 Å². The third kappa shape index (κ3) is 3.58. The number of carbonyl (C=O) groups is 1. The summed E-state index contributed by atoms with van der Waals surface area (Å²) in [7, 11) is 0. The van der Waals surface area contributed by atoms with Gasteiger partial charge in [0.15, 0.2) is 6.61 Å². The highest BCUT2D eigenvalue weighted by Crippen LogP contribution is 2.16. The molecule has 0 aliphatic rings. The molecule has 0 aliphatic heterocycles. The minimum Gasteiger partial charge on any atom is -0.483 e. The molecular weight excluding hydrogens is 290 g/mol. The SMILES string of the molecule is Cc1ccccc1OCC(=O)NN=Cc1c[nH]c2ccccc12. The van der Waals surface area contributed by atoms with E-state index >= 15 is 0 Å². The van der Waals surface area contributed by atoms with Crippen molar-refractivity contribution < 1.29 is 9.53 Å². The van der Waals surface area contributed by atoms with E-state index in [4.69, 9.17) is 4.74 Å². The molecule has 0 fully saturated rings. The largest absolute Gasteiger partial charge is 0.483 e. The molecule has 1 amide bonds. The summed E-state index contributed by atoms with van der Waals surface area (Å²) in [6, 6.07) is 15.5. The molecule has 2 N–H and O–H groups in total. The molecule has 3 rings (SSSR count). The maximum absolute atomic E-state index is 11.8. The molecule has 0 atom stereocenters. The average Bonchev–Trinajstić information content (AvgIpc) is 2.98. The van der Waals surface area contributed by atoms with Crippen LogP contribution in [0.5, 0.6) is 5.75 Å². The lowest BCUT2D eigenvalue weighted by Crippen LogP contribution is -2.24. The molecule has 1 aromatic heterocycles. The molecule has 0 bridgehead atoms. The number of hydrogen-bond acceptors (Lipinski definition) is 3. The van der Waals surface area contributed by atoms with E-state index < -0.39 is 0 Å². The van der Waals surface area contributed by atoms with Crippen LogP contribution in [0.2, 0.25) is 0 Å². The van der Waals surface area contributed by atoms with Gasteiger partial charge in [0.25, 0.3) is 5.91 Å². The minimum atomic E-state index is -0.302. The first-order chi connectivity index (χ1) is 11.2. The lowest BCUT2D eigenvalue weighted by Gasteiger charge is -2.07. The first-order valence-corrected chi connectivity index (χ1v) is 7.30. The van der Waals surface area contributed by atoms with Crippen LogP contribution in [0.4, 0.5) is 0 Å². The van der Waals surface area contributed by atoms with Gasteiger partial charge in [-0.2, -0.15) is 5.10 Å².